The van der Waals surface area contributed by atoms with Gasteiger partial charge in [0.25, 0.3) is 0 Å². The molecule has 3 heteroatoms. The van der Waals surface area contributed by atoms with Crippen molar-refractivity contribution in [3.63, 3.8) is 0 Å². The van der Waals surface area contributed by atoms with Crippen molar-refractivity contribution in [3.8, 4) is 11.5 Å². The van der Waals surface area contributed by atoms with Crippen molar-refractivity contribution in [3.05, 3.63) is 24.3 Å². The van der Waals surface area contributed by atoms with Gasteiger partial charge in [0.1, 0.15) is 0 Å². The van der Waals surface area contributed by atoms with Crippen LogP contribution in [0.5, 0.6) is 11.5 Å². The molecule has 19 heavy (non-hydrogen) atoms. The van der Waals surface area contributed by atoms with E-state index in [1.54, 1.807) is 0 Å². The molecule has 0 saturated heterocycles. The summed E-state index contributed by atoms with van der Waals surface area (Å²) >= 11 is 0. The summed E-state index contributed by atoms with van der Waals surface area (Å²) in [6.45, 7) is 7.64. The van der Waals surface area contributed by atoms with Crippen molar-refractivity contribution in [2.24, 2.45) is 5.41 Å². The molecule has 1 aromatic rings. The van der Waals surface area contributed by atoms with Gasteiger partial charge in [0.05, 0.1) is 13.2 Å². The van der Waals surface area contributed by atoms with Crippen LogP contribution in [-0.4, -0.2) is 24.9 Å². The first-order valence-electron chi connectivity index (χ1n) is 7.10. The molecule has 3 nitrogen and oxygen atoms in total. The minimum atomic E-state index is -0.0463. The maximum Gasteiger partial charge on any atom is 0.161 e. The fourth-order valence-corrected chi connectivity index (χ4v) is 2.14. The third kappa shape index (κ3) is 5.11. The van der Waals surface area contributed by atoms with Gasteiger partial charge in [-0.1, -0.05) is 32.4 Å². The summed E-state index contributed by atoms with van der Waals surface area (Å²) in [5.41, 5.74) is -0.0463. The summed E-state index contributed by atoms with van der Waals surface area (Å²) < 4.78 is 11.3. The zero-order valence-electron chi connectivity index (χ0n) is 12.3. The molecule has 0 spiro atoms. The van der Waals surface area contributed by atoms with E-state index >= 15 is 0 Å². The van der Waals surface area contributed by atoms with Gasteiger partial charge in [0.2, 0.25) is 0 Å². The fourth-order valence-electron chi connectivity index (χ4n) is 2.14. The lowest BCUT2D eigenvalue weighted by Gasteiger charge is -2.26. The fraction of sp³-hybridized carbons (Fsp3) is 0.625. The van der Waals surface area contributed by atoms with Crippen LogP contribution in [0.1, 0.15) is 40.0 Å². The average Bonchev–Trinajstić information content (AvgIpc) is 2.41. The van der Waals surface area contributed by atoms with Crippen molar-refractivity contribution in [1.82, 2.24) is 0 Å². The minimum Gasteiger partial charge on any atom is -0.490 e. The Hall–Kier alpha value is -1.22. The summed E-state index contributed by atoms with van der Waals surface area (Å²) in [5, 5.41) is 9.47. The SMILES string of the molecule is CCCC(C)(CO)CCOc1ccccc1OCC. The number of ether oxygens (including phenoxy) is 2. The predicted octanol–water partition coefficient (Wildman–Crippen LogP) is 3.65. The maximum absolute atomic E-state index is 9.47. The van der Waals surface area contributed by atoms with Gasteiger partial charge < -0.3 is 14.6 Å². The quantitative estimate of drug-likeness (QED) is 0.741. The van der Waals surface area contributed by atoms with E-state index in [2.05, 4.69) is 13.8 Å². The first-order valence-corrected chi connectivity index (χ1v) is 7.10. The molecule has 1 N–H and O–H groups in total. The highest BCUT2D eigenvalue weighted by Gasteiger charge is 2.22. The van der Waals surface area contributed by atoms with E-state index in [0.29, 0.717) is 13.2 Å². The number of rotatable bonds is 9. The third-order valence-corrected chi connectivity index (χ3v) is 3.35. The molecule has 0 bridgehead atoms. The van der Waals surface area contributed by atoms with E-state index in [4.69, 9.17) is 9.47 Å². The molecule has 0 aliphatic carbocycles. The molecule has 1 atom stereocenters. The van der Waals surface area contributed by atoms with Crippen LogP contribution >= 0.6 is 0 Å². The van der Waals surface area contributed by atoms with Crippen LogP contribution in [0.3, 0.4) is 0 Å². The van der Waals surface area contributed by atoms with Crippen LogP contribution in [0.25, 0.3) is 0 Å². The Morgan fingerprint density at radius 1 is 1.05 bits per heavy atom. The Bertz CT molecular complexity index is 365. The zero-order valence-corrected chi connectivity index (χ0v) is 12.3. The molecular weight excluding hydrogens is 240 g/mol. The standard InChI is InChI=1S/C16H26O3/c1-4-10-16(3,13-17)11-12-19-15-9-7-6-8-14(15)18-5-2/h6-9,17H,4-5,10-13H2,1-3H3. The number of hydrogen-bond acceptors (Lipinski definition) is 3. The molecule has 0 aromatic heterocycles. The van der Waals surface area contributed by atoms with Crippen molar-refractivity contribution < 1.29 is 14.6 Å². The topological polar surface area (TPSA) is 38.7 Å². The number of para-hydroxylation sites is 2. The van der Waals surface area contributed by atoms with Crippen LogP contribution in [0.2, 0.25) is 0 Å². The molecule has 108 valence electrons. The van der Waals surface area contributed by atoms with Gasteiger partial charge in [-0.05, 0) is 37.3 Å². The van der Waals surface area contributed by atoms with Crippen LogP contribution in [0, 0.1) is 5.41 Å². The number of hydrogen-bond donors (Lipinski definition) is 1. The Labute approximate surface area is 116 Å². The highest BCUT2D eigenvalue weighted by Crippen LogP contribution is 2.30. The normalized spacial score (nSPS) is 13.9. The molecule has 1 aromatic carbocycles. The first-order chi connectivity index (χ1) is 9.15. The highest BCUT2D eigenvalue weighted by atomic mass is 16.5. The maximum atomic E-state index is 9.47. The summed E-state index contributed by atoms with van der Waals surface area (Å²) in [5.74, 6) is 1.56. The van der Waals surface area contributed by atoms with Gasteiger partial charge in [-0.15, -0.1) is 0 Å². The van der Waals surface area contributed by atoms with Crippen LogP contribution in [-0.2, 0) is 0 Å². The Balaban J connectivity index is 2.52. The Morgan fingerprint density at radius 2 is 1.68 bits per heavy atom. The summed E-state index contributed by atoms with van der Waals surface area (Å²) in [4.78, 5) is 0. The van der Waals surface area contributed by atoms with Crippen molar-refractivity contribution >= 4 is 0 Å². The summed E-state index contributed by atoms with van der Waals surface area (Å²) in [6.07, 6.45) is 2.93. The molecule has 0 radical (unpaired) electrons. The molecule has 0 amide bonds. The number of benzene rings is 1. The predicted molar refractivity (Wildman–Crippen MR) is 77.8 cm³/mol. The molecule has 0 aliphatic rings. The van der Waals surface area contributed by atoms with Gasteiger partial charge in [-0.25, -0.2) is 0 Å². The van der Waals surface area contributed by atoms with Gasteiger partial charge in [-0.3, -0.25) is 0 Å². The Morgan fingerprint density at radius 3 is 2.21 bits per heavy atom. The molecule has 1 unspecified atom stereocenters. The number of aliphatic hydroxyl groups is 1. The first kappa shape index (κ1) is 15.8. The molecule has 0 fully saturated rings. The van der Waals surface area contributed by atoms with Gasteiger partial charge in [-0.2, -0.15) is 0 Å². The van der Waals surface area contributed by atoms with Crippen LogP contribution < -0.4 is 9.47 Å². The number of aliphatic hydroxyl groups excluding tert-OH is 1. The zero-order chi connectivity index (χ0) is 14.1. The van der Waals surface area contributed by atoms with E-state index in [0.717, 1.165) is 30.8 Å². The lowest BCUT2D eigenvalue weighted by Crippen LogP contribution is -2.24. The summed E-state index contributed by atoms with van der Waals surface area (Å²) in [6, 6.07) is 7.71. The molecule has 0 aliphatic heterocycles. The average molecular weight is 266 g/mol. The molecule has 1 rings (SSSR count). The smallest absolute Gasteiger partial charge is 0.161 e. The second-order valence-corrected chi connectivity index (χ2v) is 5.20. The second-order valence-electron chi connectivity index (χ2n) is 5.20. The van der Waals surface area contributed by atoms with Crippen molar-refractivity contribution in [1.29, 1.82) is 0 Å². The van der Waals surface area contributed by atoms with Crippen molar-refractivity contribution in [2.45, 2.75) is 40.0 Å². The third-order valence-electron chi connectivity index (χ3n) is 3.35. The highest BCUT2D eigenvalue weighted by molar-refractivity contribution is 5.39. The lowest BCUT2D eigenvalue weighted by atomic mass is 9.83. The summed E-state index contributed by atoms with van der Waals surface area (Å²) in [7, 11) is 0. The van der Waals surface area contributed by atoms with Gasteiger partial charge in [0, 0.05) is 6.61 Å². The largest absolute Gasteiger partial charge is 0.490 e. The van der Waals surface area contributed by atoms with Crippen molar-refractivity contribution in [2.75, 3.05) is 19.8 Å². The van der Waals surface area contributed by atoms with Gasteiger partial charge in [0.15, 0.2) is 11.5 Å². The van der Waals surface area contributed by atoms with E-state index in [1.165, 1.54) is 0 Å². The van der Waals surface area contributed by atoms with Crippen LogP contribution in [0.15, 0.2) is 24.3 Å². The minimum absolute atomic E-state index is 0.0463. The molecule has 0 heterocycles. The Kier molecular flexibility index (Phi) is 6.71. The van der Waals surface area contributed by atoms with E-state index in [-0.39, 0.29) is 12.0 Å². The molecular formula is C16H26O3. The second kappa shape index (κ2) is 8.05. The molecule has 0 saturated carbocycles. The van der Waals surface area contributed by atoms with E-state index < -0.39 is 0 Å². The van der Waals surface area contributed by atoms with Gasteiger partial charge >= 0.3 is 0 Å². The lowest BCUT2D eigenvalue weighted by molar-refractivity contribution is 0.101. The van der Waals surface area contributed by atoms with E-state index in [1.807, 2.05) is 31.2 Å². The monoisotopic (exact) mass is 266 g/mol. The van der Waals surface area contributed by atoms with Crippen LogP contribution in [0.4, 0.5) is 0 Å². The van der Waals surface area contributed by atoms with E-state index in [9.17, 15) is 5.11 Å².